The highest BCUT2D eigenvalue weighted by Gasteiger charge is 2.29. The number of nitrogens with one attached hydrogen (secondary N) is 1. The fourth-order valence-electron chi connectivity index (χ4n) is 2.61. The zero-order chi connectivity index (χ0) is 13.2. The molecule has 2 aliphatic rings. The molecule has 1 aromatic carbocycles. The van der Waals surface area contributed by atoms with Crippen LogP contribution in [0.15, 0.2) is 18.2 Å². The lowest BCUT2D eigenvalue weighted by atomic mass is 10.2. The monoisotopic (exact) mass is 262 g/mol. The van der Waals surface area contributed by atoms with Crippen LogP contribution in [0.2, 0.25) is 0 Å². The number of rotatable bonds is 4. The molecule has 1 atom stereocenters. The summed E-state index contributed by atoms with van der Waals surface area (Å²) in [6.45, 7) is 4.66. The van der Waals surface area contributed by atoms with Gasteiger partial charge in [-0.25, -0.2) is 0 Å². The standard InChI is InChI=1S/C14H18N2O3/c1-2-15-11-6-14(17)16(8-11)7-10-3-4-12-13(5-10)19-9-18-12/h3-5,11,15H,2,6-9H2,1H3. The smallest absolute Gasteiger partial charge is 0.231 e. The van der Waals surface area contributed by atoms with Gasteiger partial charge in [0.1, 0.15) is 0 Å². The second-order valence-electron chi connectivity index (χ2n) is 4.92. The Balaban J connectivity index is 1.67. The molecule has 0 spiro atoms. The number of nitrogens with zero attached hydrogens (tertiary/aromatic N) is 1. The molecule has 0 radical (unpaired) electrons. The molecule has 2 aliphatic heterocycles. The Hall–Kier alpha value is -1.75. The summed E-state index contributed by atoms with van der Waals surface area (Å²) in [4.78, 5) is 13.8. The molecule has 19 heavy (non-hydrogen) atoms. The van der Waals surface area contributed by atoms with Crippen molar-refractivity contribution in [3.63, 3.8) is 0 Å². The number of likely N-dealkylation sites (N-methyl/N-ethyl adjacent to an activating group) is 1. The van der Waals surface area contributed by atoms with Crippen molar-refractivity contribution in [3.8, 4) is 11.5 Å². The number of carbonyl (C=O) groups is 1. The fraction of sp³-hybridized carbons (Fsp3) is 0.500. The first kappa shape index (κ1) is 12.3. The van der Waals surface area contributed by atoms with E-state index in [2.05, 4.69) is 12.2 Å². The topological polar surface area (TPSA) is 50.8 Å². The van der Waals surface area contributed by atoms with Crippen molar-refractivity contribution in [1.29, 1.82) is 0 Å². The maximum absolute atomic E-state index is 11.9. The molecule has 3 rings (SSSR count). The van der Waals surface area contributed by atoms with E-state index in [0.29, 0.717) is 13.0 Å². The average Bonchev–Trinajstić information content (AvgIpc) is 2.97. The van der Waals surface area contributed by atoms with Crippen LogP contribution in [0, 0.1) is 0 Å². The third-order valence-corrected chi connectivity index (χ3v) is 3.52. The maximum Gasteiger partial charge on any atom is 0.231 e. The summed E-state index contributed by atoms with van der Waals surface area (Å²) in [6, 6.07) is 6.13. The summed E-state index contributed by atoms with van der Waals surface area (Å²) >= 11 is 0. The lowest BCUT2D eigenvalue weighted by Crippen LogP contribution is -2.32. The van der Waals surface area contributed by atoms with Crippen LogP contribution >= 0.6 is 0 Å². The van der Waals surface area contributed by atoms with E-state index in [9.17, 15) is 4.79 Å². The molecule has 0 bridgehead atoms. The average molecular weight is 262 g/mol. The van der Waals surface area contributed by atoms with Gasteiger partial charge in [0, 0.05) is 25.6 Å². The highest BCUT2D eigenvalue weighted by atomic mass is 16.7. The Morgan fingerprint density at radius 2 is 2.21 bits per heavy atom. The van der Waals surface area contributed by atoms with Gasteiger partial charge in [0.25, 0.3) is 0 Å². The van der Waals surface area contributed by atoms with Gasteiger partial charge in [0.2, 0.25) is 12.7 Å². The molecular weight excluding hydrogens is 244 g/mol. The van der Waals surface area contributed by atoms with Crippen LogP contribution in [0.4, 0.5) is 0 Å². The fourth-order valence-corrected chi connectivity index (χ4v) is 2.61. The van der Waals surface area contributed by atoms with E-state index in [-0.39, 0.29) is 18.7 Å². The normalized spacial score (nSPS) is 21.2. The van der Waals surface area contributed by atoms with Gasteiger partial charge in [-0.05, 0) is 24.2 Å². The van der Waals surface area contributed by atoms with E-state index >= 15 is 0 Å². The molecule has 5 nitrogen and oxygen atoms in total. The number of carbonyl (C=O) groups excluding carboxylic acids is 1. The predicted molar refractivity (Wildman–Crippen MR) is 70.1 cm³/mol. The molecule has 1 amide bonds. The van der Waals surface area contributed by atoms with Crippen LogP contribution in [0.1, 0.15) is 18.9 Å². The van der Waals surface area contributed by atoms with Crippen LogP contribution in [0.3, 0.4) is 0 Å². The molecule has 5 heteroatoms. The first-order valence-electron chi connectivity index (χ1n) is 6.66. The number of hydrogen-bond acceptors (Lipinski definition) is 4. The van der Waals surface area contributed by atoms with Gasteiger partial charge in [-0.15, -0.1) is 0 Å². The summed E-state index contributed by atoms with van der Waals surface area (Å²) in [5.41, 5.74) is 1.08. The van der Waals surface area contributed by atoms with Crippen molar-refractivity contribution < 1.29 is 14.3 Å². The Kier molecular flexibility index (Phi) is 3.29. The van der Waals surface area contributed by atoms with Gasteiger partial charge in [-0.3, -0.25) is 4.79 Å². The highest BCUT2D eigenvalue weighted by molar-refractivity contribution is 5.79. The second kappa shape index (κ2) is 5.09. The quantitative estimate of drug-likeness (QED) is 0.883. The molecule has 0 saturated carbocycles. The van der Waals surface area contributed by atoms with Crippen LogP contribution in [0.5, 0.6) is 11.5 Å². The maximum atomic E-state index is 11.9. The zero-order valence-corrected chi connectivity index (χ0v) is 11.0. The lowest BCUT2D eigenvalue weighted by molar-refractivity contribution is -0.128. The molecule has 1 saturated heterocycles. The Morgan fingerprint density at radius 1 is 1.37 bits per heavy atom. The lowest BCUT2D eigenvalue weighted by Gasteiger charge is -2.17. The number of benzene rings is 1. The van der Waals surface area contributed by atoms with Gasteiger partial charge in [-0.2, -0.15) is 0 Å². The minimum absolute atomic E-state index is 0.212. The van der Waals surface area contributed by atoms with E-state index in [4.69, 9.17) is 9.47 Å². The van der Waals surface area contributed by atoms with Crippen LogP contribution in [-0.2, 0) is 11.3 Å². The number of hydrogen-bond donors (Lipinski definition) is 1. The Bertz CT molecular complexity index is 490. The Morgan fingerprint density at radius 3 is 3.05 bits per heavy atom. The SMILES string of the molecule is CCNC1CC(=O)N(Cc2ccc3c(c2)OCO3)C1. The van der Waals surface area contributed by atoms with E-state index in [1.807, 2.05) is 23.1 Å². The van der Waals surface area contributed by atoms with Gasteiger partial charge < -0.3 is 19.7 Å². The van der Waals surface area contributed by atoms with Crippen LogP contribution in [0.25, 0.3) is 0 Å². The molecule has 1 fully saturated rings. The summed E-state index contributed by atoms with van der Waals surface area (Å²) in [7, 11) is 0. The van der Waals surface area contributed by atoms with E-state index in [1.165, 1.54) is 0 Å². The molecule has 1 aromatic rings. The Labute approximate surface area is 112 Å². The van der Waals surface area contributed by atoms with Crippen molar-refractivity contribution in [3.05, 3.63) is 23.8 Å². The largest absolute Gasteiger partial charge is 0.454 e. The predicted octanol–water partition coefficient (Wildman–Crippen LogP) is 1.13. The van der Waals surface area contributed by atoms with Crippen molar-refractivity contribution in [2.24, 2.45) is 0 Å². The summed E-state index contributed by atoms with van der Waals surface area (Å²) in [6.07, 6.45) is 0.596. The van der Waals surface area contributed by atoms with E-state index in [0.717, 1.165) is 30.2 Å². The molecule has 102 valence electrons. The number of amides is 1. The molecule has 0 aliphatic carbocycles. The molecular formula is C14H18N2O3. The van der Waals surface area contributed by atoms with Gasteiger partial charge in [0.15, 0.2) is 11.5 Å². The minimum atomic E-state index is 0.212. The molecule has 1 N–H and O–H groups in total. The van der Waals surface area contributed by atoms with Gasteiger partial charge >= 0.3 is 0 Å². The number of ether oxygens (including phenoxy) is 2. The molecule has 1 unspecified atom stereocenters. The van der Waals surface area contributed by atoms with Crippen molar-refractivity contribution in [1.82, 2.24) is 10.2 Å². The van der Waals surface area contributed by atoms with Crippen molar-refractivity contribution >= 4 is 5.91 Å². The van der Waals surface area contributed by atoms with Crippen molar-refractivity contribution in [2.45, 2.75) is 25.9 Å². The van der Waals surface area contributed by atoms with Crippen LogP contribution in [-0.4, -0.2) is 36.7 Å². The van der Waals surface area contributed by atoms with E-state index in [1.54, 1.807) is 0 Å². The third kappa shape index (κ3) is 2.51. The van der Waals surface area contributed by atoms with Gasteiger partial charge in [0.05, 0.1) is 0 Å². The summed E-state index contributed by atoms with van der Waals surface area (Å²) in [5, 5.41) is 3.33. The highest BCUT2D eigenvalue weighted by Crippen LogP contribution is 2.33. The number of likely N-dealkylation sites (tertiary alicyclic amines) is 1. The zero-order valence-electron chi connectivity index (χ0n) is 11.0. The van der Waals surface area contributed by atoms with Crippen molar-refractivity contribution in [2.75, 3.05) is 19.9 Å². The first-order chi connectivity index (χ1) is 9.26. The first-order valence-corrected chi connectivity index (χ1v) is 6.66. The van der Waals surface area contributed by atoms with E-state index < -0.39 is 0 Å². The molecule has 2 heterocycles. The molecule has 0 aromatic heterocycles. The summed E-state index contributed by atoms with van der Waals surface area (Å²) < 4.78 is 10.6. The minimum Gasteiger partial charge on any atom is -0.454 e. The summed E-state index contributed by atoms with van der Waals surface area (Å²) in [5.74, 6) is 1.76. The third-order valence-electron chi connectivity index (χ3n) is 3.52. The van der Waals surface area contributed by atoms with Crippen LogP contribution < -0.4 is 14.8 Å². The van der Waals surface area contributed by atoms with Gasteiger partial charge in [-0.1, -0.05) is 13.0 Å². The number of fused-ring (bicyclic) bond motifs is 1. The second-order valence-corrected chi connectivity index (χ2v) is 4.92.